The topological polar surface area (TPSA) is 54.7 Å². The van der Waals surface area contributed by atoms with Crippen molar-refractivity contribution in [2.24, 2.45) is 5.73 Å². The minimum atomic E-state index is 0.104. The number of nitrogens with one attached hydrogen (secondary N) is 1. The molecular weight excluding hydrogens is 162 g/mol. The monoisotopic (exact) mass is 175 g/mol. The van der Waals surface area contributed by atoms with Gasteiger partial charge in [0.1, 0.15) is 5.65 Å². The number of rotatable bonds is 2. The van der Waals surface area contributed by atoms with Gasteiger partial charge in [0.25, 0.3) is 0 Å². The van der Waals surface area contributed by atoms with Crippen molar-refractivity contribution < 1.29 is 0 Å². The molecule has 0 bridgehead atoms. The Balaban J connectivity index is 2.48. The average Bonchev–Trinajstić information content (AvgIpc) is 2.63. The van der Waals surface area contributed by atoms with E-state index in [1.165, 1.54) is 0 Å². The van der Waals surface area contributed by atoms with E-state index in [9.17, 15) is 0 Å². The number of nitrogens with zero attached hydrogens (tertiary/aromatic N) is 1. The molecule has 3 nitrogen and oxygen atoms in total. The van der Waals surface area contributed by atoms with Crippen LogP contribution in [0.15, 0.2) is 24.5 Å². The van der Waals surface area contributed by atoms with Crippen molar-refractivity contribution in [3.8, 4) is 0 Å². The van der Waals surface area contributed by atoms with Crippen molar-refractivity contribution in [3.63, 3.8) is 0 Å². The first-order chi connectivity index (χ1) is 6.31. The molecule has 1 unspecified atom stereocenters. The predicted molar refractivity (Wildman–Crippen MR) is 53.3 cm³/mol. The van der Waals surface area contributed by atoms with Crippen molar-refractivity contribution >= 4 is 11.0 Å². The third-order valence-corrected chi connectivity index (χ3v) is 2.29. The number of H-pyrrole nitrogens is 1. The van der Waals surface area contributed by atoms with E-state index >= 15 is 0 Å². The van der Waals surface area contributed by atoms with Crippen LogP contribution in [0.4, 0.5) is 0 Å². The molecule has 3 N–H and O–H groups in total. The van der Waals surface area contributed by atoms with E-state index in [1.807, 2.05) is 18.5 Å². The number of hydrogen-bond donors (Lipinski definition) is 2. The summed E-state index contributed by atoms with van der Waals surface area (Å²) in [6.07, 6.45) is 4.67. The molecule has 1 atom stereocenters. The van der Waals surface area contributed by atoms with Crippen LogP contribution < -0.4 is 5.73 Å². The Morgan fingerprint density at radius 2 is 2.46 bits per heavy atom. The largest absolute Gasteiger partial charge is 0.346 e. The highest BCUT2D eigenvalue weighted by Crippen LogP contribution is 2.17. The molecule has 3 heteroatoms. The van der Waals surface area contributed by atoms with E-state index in [2.05, 4.69) is 23.0 Å². The summed E-state index contributed by atoms with van der Waals surface area (Å²) < 4.78 is 0. The number of pyridine rings is 1. The van der Waals surface area contributed by atoms with E-state index in [4.69, 9.17) is 5.73 Å². The second-order valence-corrected chi connectivity index (χ2v) is 3.20. The molecule has 0 aliphatic carbocycles. The summed E-state index contributed by atoms with van der Waals surface area (Å²) in [7, 11) is 0. The molecule has 2 aromatic rings. The smallest absolute Gasteiger partial charge is 0.137 e. The Hall–Kier alpha value is -1.35. The van der Waals surface area contributed by atoms with Gasteiger partial charge in [0.15, 0.2) is 0 Å². The lowest BCUT2D eigenvalue weighted by molar-refractivity contribution is 0.697. The zero-order valence-corrected chi connectivity index (χ0v) is 7.62. The van der Waals surface area contributed by atoms with Crippen LogP contribution in [0.1, 0.15) is 24.9 Å². The molecule has 0 aromatic carbocycles. The van der Waals surface area contributed by atoms with Gasteiger partial charge in [-0.15, -0.1) is 0 Å². The third kappa shape index (κ3) is 1.42. The van der Waals surface area contributed by atoms with Gasteiger partial charge >= 0.3 is 0 Å². The lowest BCUT2D eigenvalue weighted by Crippen LogP contribution is -2.08. The van der Waals surface area contributed by atoms with Crippen molar-refractivity contribution in [1.29, 1.82) is 0 Å². The quantitative estimate of drug-likeness (QED) is 0.733. The fourth-order valence-electron chi connectivity index (χ4n) is 1.40. The standard InChI is InChI=1S/C10H13N3/c1-2-9(11)8-5-7-3-4-12-10(7)13-6-8/h3-6,9H,2,11H2,1H3,(H,12,13). The number of nitrogens with two attached hydrogens (primary N) is 1. The summed E-state index contributed by atoms with van der Waals surface area (Å²) in [4.78, 5) is 7.33. The van der Waals surface area contributed by atoms with Crippen molar-refractivity contribution in [3.05, 3.63) is 30.1 Å². The zero-order chi connectivity index (χ0) is 9.26. The fourth-order valence-corrected chi connectivity index (χ4v) is 1.40. The lowest BCUT2D eigenvalue weighted by atomic mass is 10.1. The molecule has 0 aliphatic rings. The first-order valence-corrected chi connectivity index (χ1v) is 4.50. The molecule has 0 saturated heterocycles. The molecule has 0 saturated carbocycles. The van der Waals surface area contributed by atoms with Crippen LogP contribution in [0.5, 0.6) is 0 Å². The van der Waals surface area contributed by atoms with Crippen LogP contribution in [-0.2, 0) is 0 Å². The molecule has 2 aromatic heterocycles. The van der Waals surface area contributed by atoms with Crippen LogP contribution >= 0.6 is 0 Å². The number of aromatic nitrogens is 2. The average molecular weight is 175 g/mol. The Morgan fingerprint density at radius 3 is 3.23 bits per heavy atom. The van der Waals surface area contributed by atoms with Gasteiger partial charge in [0.2, 0.25) is 0 Å². The van der Waals surface area contributed by atoms with Gasteiger partial charge in [-0.25, -0.2) is 4.98 Å². The highest BCUT2D eigenvalue weighted by atomic mass is 14.8. The molecule has 68 valence electrons. The first kappa shape index (κ1) is 8.26. The summed E-state index contributed by atoms with van der Waals surface area (Å²) in [5.41, 5.74) is 7.93. The summed E-state index contributed by atoms with van der Waals surface area (Å²) in [5.74, 6) is 0. The van der Waals surface area contributed by atoms with Crippen LogP contribution in [0.25, 0.3) is 11.0 Å². The molecule has 2 heterocycles. The maximum Gasteiger partial charge on any atom is 0.137 e. The van der Waals surface area contributed by atoms with Gasteiger partial charge in [-0.3, -0.25) is 0 Å². The zero-order valence-electron chi connectivity index (χ0n) is 7.62. The molecular formula is C10H13N3. The van der Waals surface area contributed by atoms with Gasteiger partial charge in [0.05, 0.1) is 0 Å². The second-order valence-electron chi connectivity index (χ2n) is 3.20. The Bertz CT molecular complexity index is 405. The minimum absolute atomic E-state index is 0.104. The molecule has 0 fully saturated rings. The van der Waals surface area contributed by atoms with Crippen LogP contribution in [0, 0.1) is 0 Å². The van der Waals surface area contributed by atoms with E-state index in [0.717, 1.165) is 23.0 Å². The second kappa shape index (κ2) is 3.18. The van der Waals surface area contributed by atoms with Crippen LogP contribution in [-0.4, -0.2) is 9.97 Å². The maximum absolute atomic E-state index is 5.90. The van der Waals surface area contributed by atoms with Crippen LogP contribution in [0.2, 0.25) is 0 Å². The SMILES string of the molecule is CCC(N)c1cnc2[nH]ccc2c1. The van der Waals surface area contributed by atoms with Crippen LogP contribution in [0.3, 0.4) is 0 Å². The van der Waals surface area contributed by atoms with Gasteiger partial charge < -0.3 is 10.7 Å². The highest BCUT2D eigenvalue weighted by molar-refractivity contribution is 5.75. The Morgan fingerprint density at radius 1 is 1.62 bits per heavy atom. The van der Waals surface area contributed by atoms with E-state index < -0.39 is 0 Å². The van der Waals surface area contributed by atoms with Crippen molar-refractivity contribution in [1.82, 2.24) is 9.97 Å². The first-order valence-electron chi connectivity index (χ1n) is 4.50. The third-order valence-electron chi connectivity index (χ3n) is 2.29. The van der Waals surface area contributed by atoms with Gasteiger partial charge in [-0.2, -0.15) is 0 Å². The van der Waals surface area contributed by atoms with E-state index in [-0.39, 0.29) is 6.04 Å². The van der Waals surface area contributed by atoms with Gasteiger partial charge in [0, 0.05) is 23.8 Å². The molecule has 2 rings (SSSR count). The summed E-state index contributed by atoms with van der Waals surface area (Å²) >= 11 is 0. The van der Waals surface area contributed by atoms with E-state index in [0.29, 0.717) is 0 Å². The Kier molecular flexibility index (Phi) is 2.02. The van der Waals surface area contributed by atoms with E-state index in [1.54, 1.807) is 0 Å². The molecule has 0 aliphatic heterocycles. The summed E-state index contributed by atoms with van der Waals surface area (Å²) in [6.45, 7) is 2.08. The number of aromatic amines is 1. The summed E-state index contributed by atoms with van der Waals surface area (Å²) in [6, 6.07) is 4.20. The highest BCUT2D eigenvalue weighted by Gasteiger charge is 2.04. The maximum atomic E-state index is 5.90. The normalized spacial score (nSPS) is 13.4. The molecule has 0 radical (unpaired) electrons. The molecule has 0 amide bonds. The van der Waals surface area contributed by atoms with Gasteiger partial charge in [-0.1, -0.05) is 6.92 Å². The minimum Gasteiger partial charge on any atom is -0.346 e. The number of fused-ring (bicyclic) bond motifs is 1. The van der Waals surface area contributed by atoms with Gasteiger partial charge in [-0.05, 0) is 24.1 Å². The molecule has 13 heavy (non-hydrogen) atoms. The number of hydrogen-bond acceptors (Lipinski definition) is 2. The Labute approximate surface area is 77.0 Å². The fraction of sp³-hybridized carbons (Fsp3) is 0.300. The van der Waals surface area contributed by atoms with Crippen molar-refractivity contribution in [2.75, 3.05) is 0 Å². The predicted octanol–water partition coefficient (Wildman–Crippen LogP) is 1.97. The van der Waals surface area contributed by atoms with Crippen molar-refractivity contribution in [2.45, 2.75) is 19.4 Å². The summed E-state index contributed by atoms with van der Waals surface area (Å²) in [5, 5.41) is 1.13. The molecule has 0 spiro atoms. The lowest BCUT2D eigenvalue weighted by Gasteiger charge is -2.07.